The molecule has 2 heterocycles. The van der Waals surface area contributed by atoms with Gasteiger partial charge in [0.1, 0.15) is 10.6 Å². The number of carbonyl (C=O) groups excluding carboxylic acids is 1. The van der Waals surface area contributed by atoms with Gasteiger partial charge >= 0.3 is 6.09 Å². The molecule has 1 saturated heterocycles. The van der Waals surface area contributed by atoms with Crippen molar-refractivity contribution in [2.45, 2.75) is 44.2 Å². The Kier molecular flexibility index (Phi) is 5.92. The smallest absolute Gasteiger partial charge is 0.410 e. The maximum Gasteiger partial charge on any atom is 0.410 e. The summed E-state index contributed by atoms with van der Waals surface area (Å²) in [5.41, 5.74) is -0.447. The second-order valence-corrected chi connectivity index (χ2v) is 7.87. The molecule has 7 heteroatoms. The molecule has 1 aliphatic rings. The maximum atomic E-state index is 12.1. The van der Waals surface area contributed by atoms with Crippen LogP contribution < -0.4 is 0 Å². The largest absolute Gasteiger partial charge is 0.444 e. The summed E-state index contributed by atoms with van der Waals surface area (Å²) in [6.45, 7) is 7.18. The highest BCUT2D eigenvalue weighted by Crippen LogP contribution is 2.25. The number of likely N-dealkylation sites (tertiary alicyclic amines) is 1. The maximum absolute atomic E-state index is 12.1. The topological polar surface area (TPSA) is 55.3 Å². The van der Waals surface area contributed by atoms with Gasteiger partial charge in [-0.2, -0.15) is 0 Å². The van der Waals surface area contributed by atoms with Gasteiger partial charge in [0.2, 0.25) is 0 Å². The number of halogens is 1. The molecule has 0 saturated carbocycles. The van der Waals surface area contributed by atoms with Crippen LogP contribution in [0.4, 0.5) is 4.79 Å². The first kappa shape index (κ1) is 17.3. The Balaban J connectivity index is 1.82. The molecule has 122 valence electrons. The lowest BCUT2D eigenvalue weighted by atomic mass is 10.0. The van der Waals surface area contributed by atoms with Crippen LogP contribution in [0, 0.1) is 5.92 Å². The normalized spacial score (nSPS) is 19.1. The van der Waals surface area contributed by atoms with Crippen molar-refractivity contribution in [2.24, 2.45) is 5.92 Å². The van der Waals surface area contributed by atoms with Crippen LogP contribution in [0.1, 0.15) is 33.6 Å². The Morgan fingerprint density at radius 3 is 2.86 bits per heavy atom. The predicted octanol–water partition coefficient (Wildman–Crippen LogP) is 3.87. The van der Waals surface area contributed by atoms with E-state index >= 15 is 0 Å². The van der Waals surface area contributed by atoms with Crippen LogP contribution in [0.5, 0.6) is 0 Å². The monoisotopic (exact) mass is 343 g/mol. The molecule has 1 aliphatic heterocycles. The average Bonchev–Trinajstić information content (AvgIpc) is 2.45. The third-order valence-electron chi connectivity index (χ3n) is 3.25. The van der Waals surface area contributed by atoms with Gasteiger partial charge in [-0.1, -0.05) is 11.6 Å². The quantitative estimate of drug-likeness (QED) is 0.780. The van der Waals surface area contributed by atoms with Crippen LogP contribution in [-0.4, -0.2) is 45.6 Å². The van der Waals surface area contributed by atoms with Crippen molar-refractivity contribution < 1.29 is 9.53 Å². The van der Waals surface area contributed by atoms with Gasteiger partial charge in [0, 0.05) is 18.8 Å². The highest BCUT2D eigenvalue weighted by atomic mass is 35.5. The molecule has 1 amide bonds. The second kappa shape index (κ2) is 7.51. The molecule has 5 nitrogen and oxygen atoms in total. The molecule has 1 aromatic rings. The Morgan fingerprint density at radius 1 is 1.45 bits per heavy atom. The molecule has 0 N–H and O–H groups in total. The Labute approximate surface area is 140 Å². The zero-order valence-corrected chi connectivity index (χ0v) is 14.8. The number of carbonyl (C=O) groups is 1. The summed E-state index contributed by atoms with van der Waals surface area (Å²) in [5, 5.41) is 9.14. The summed E-state index contributed by atoms with van der Waals surface area (Å²) in [6, 6.07) is 3.61. The number of hydrogen-bond donors (Lipinski definition) is 0. The second-order valence-electron chi connectivity index (χ2n) is 6.44. The van der Waals surface area contributed by atoms with Gasteiger partial charge in [0.05, 0.1) is 0 Å². The molecule has 1 atom stereocenters. The van der Waals surface area contributed by atoms with Crippen LogP contribution >= 0.6 is 23.4 Å². The summed E-state index contributed by atoms with van der Waals surface area (Å²) in [5.74, 6) is 1.36. The van der Waals surface area contributed by atoms with Crippen molar-refractivity contribution >= 4 is 29.5 Å². The Morgan fingerprint density at radius 2 is 2.23 bits per heavy atom. The molecule has 1 aromatic heterocycles. The van der Waals surface area contributed by atoms with E-state index < -0.39 is 5.60 Å². The van der Waals surface area contributed by atoms with Gasteiger partial charge < -0.3 is 9.64 Å². The minimum atomic E-state index is -0.447. The number of hydrogen-bond acceptors (Lipinski definition) is 5. The standard InChI is InChI=1S/C15H22ClN3O2S/c1-15(2,3)21-14(20)19-8-4-5-11(9-19)10-22-13-7-6-12(16)17-18-13/h6-7,11H,4-5,8-10H2,1-3H3/t11-/m1/s1. The zero-order valence-electron chi connectivity index (χ0n) is 13.2. The highest BCUT2D eigenvalue weighted by molar-refractivity contribution is 7.99. The summed E-state index contributed by atoms with van der Waals surface area (Å²) in [6.07, 6.45) is 1.91. The number of ether oxygens (including phenoxy) is 1. The fourth-order valence-corrected chi connectivity index (χ4v) is 3.32. The molecule has 0 aromatic carbocycles. The Bertz CT molecular complexity index is 505. The zero-order chi connectivity index (χ0) is 16.2. The fourth-order valence-electron chi connectivity index (χ4n) is 2.28. The average molecular weight is 344 g/mol. The van der Waals surface area contributed by atoms with E-state index in [1.165, 1.54) is 0 Å². The van der Waals surface area contributed by atoms with Gasteiger partial charge in [-0.3, -0.25) is 0 Å². The molecule has 0 unspecified atom stereocenters. The minimum Gasteiger partial charge on any atom is -0.444 e. The van der Waals surface area contributed by atoms with Crippen molar-refractivity contribution in [3.05, 3.63) is 17.3 Å². The van der Waals surface area contributed by atoms with Crippen molar-refractivity contribution in [3.8, 4) is 0 Å². The lowest BCUT2D eigenvalue weighted by molar-refractivity contribution is 0.0177. The van der Waals surface area contributed by atoms with Crippen LogP contribution in [0.3, 0.4) is 0 Å². The van der Waals surface area contributed by atoms with E-state index in [0.29, 0.717) is 11.1 Å². The van der Waals surface area contributed by atoms with Crippen LogP contribution in [0.25, 0.3) is 0 Å². The first-order valence-corrected chi connectivity index (χ1v) is 8.80. The van der Waals surface area contributed by atoms with E-state index in [1.807, 2.05) is 31.7 Å². The number of piperidine rings is 1. The van der Waals surface area contributed by atoms with Gasteiger partial charge in [0.25, 0.3) is 0 Å². The molecular formula is C15H22ClN3O2S. The van der Waals surface area contributed by atoms with E-state index in [4.69, 9.17) is 16.3 Å². The summed E-state index contributed by atoms with van der Waals surface area (Å²) >= 11 is 7.38. The molecular weight excluding hydrogens is 322 g/mol. The van der Waals surface area contributed by atoms with Crippen molar-refractivity contribution in [1.82, 2.24) is 15.1 Å². The molecule has 22 heavy (non-hydrogen) atoms. The summed E-state index contributed by atoms with van der Waals surface area (Å²) < 4.78 is 5.44. The number of amides is 1. The lowest BCUT2D eigenvalue weighted by Crippen LogP contribution is -2.43. The van der Waals surface area contributed by atoms with E-state index in [2.05, 4.69) is 10.2 Å². The van der Waals surface area contributed by atoms with E-state index in [9.17, 15) is 4.79 Å². The molecule has 0 aliphatic carbocycles. The third kappa shape index (κ3) is 5.65. The van der Waals surface area contributed by atoms with Crippen molar-refractivity contribution in [1.29, 1.82) is 0 Å². The Hall–Kier alpha value is -1.01. The summed E-state index contributed by atoms with van der Waals surface area (Å²) in [4.78, 5) is 13.9. The minimum absolute atomic E-state index is 0.214. The third-order valence-corrected chi connectivity index (χ3v) is 4.60. The van der Waals surface area contributed by atoms with E-state index in [1.54, 1.807) is 17.8 Å². The fraction of sp³-hybridized carbons (Fsp3) is 0.667. The highest BCUT2D eigenvalue weighted by Gasteiger charge is 2.27. The first-order valence-electron chi connectivity index (χ1n) is 7.43. The number of thioether (sulfide) groups is 1. The SMILES string of the molecule is CC(C)(C)OC(=O)N1CCC[C@@H](CSc2ccc(Cl)nn2)C1. The van der Waals surface area contributed by atoms with Gasteiger partial charge in [-0.15, -0.1) is 22.0 Å². The molecule has 2 rings (SSSR count). The first-order chi connectivity index (χ1) is 10.3. The number of nitrogens with zero attached hydrogens (tertiary/aromatic N) is 3. The predicted molar refractivity (Wildman–Crippen MR) is 88.3 cm³/mol. The van der Waals surface area contributed by atoms with Crippen LogP contribution in [0.15, 0.2) is 17.2 Å². The van der Waals surface area contributed by atoms with Gasteiger partial charge in [0.15, 0.2) is 5.15 Å². The van der Waals surface area contributed by atoms with E-state index in [0.717, 1.165) is 36.7 Å². The molecule has 0 spiro atoms. The van der Waals surface area contributed by atoms with Crippen molar-refractivity contribution in [3.63, 3.8) is 0 Å². The van der Waals surface area contributed by atoms with E-state index in [-0.39, 0.29) is 6.09 Å². The van der Waals surface area contributed by atoms with Crippen LogP contribution in [-0.2, 0) is 4.74 Å². The van der Waals surface area contributed by atoms with Gasteiger partial charge in [-0.25, -0.2) is 4.79 Å². The number of rotatable bonds is 3. The van der Waals surface area contributed by atoms with Crippen molar-refractivity contribution in [2.75, 3.05) is 18.8 Å². The number of aromatic nitrogens is 2. The molecule has 0 bridgehead atoms. The lowest BCUT2D eigenvalue weighted by Gasteiger charge is -2.34. The summed E-state index contributed by atoms with van der Waals surface area (Å²) in [7, 11) is 0. The molecule has 1 fully saturated rings. The van der Waals surface area contributed by atoms with Crippen LogP contribution in [0.2, 0.25) is 5.15 Å². The van der Waals surface area contributed by atoms with Gasteiger partial charge in [-0.05, 0) is 51.7 Å². The molecule has 0 radical (unpaired) electrons.